The Hall–Kier alpha value is -2.69. The topological polar surface area (TPSA) is 41.9 Å². The van der Waals surface area contributed by atoms with E-state index in [0.717, 1.165) is 17.7 Å². The Bertz CT molecular complexity index is 847. The molecule has 2 aliphatic heterocycles. The molecule has 5 heteroatoms. The smallest absolute Gasteiger partial charge is 0.271 e. The van der Waals surface area contributed by atoms with Gasteiger partial charge in [0.05, 0.1) is 5.71 Å². The fourth-order valence-electron chi connectivity index (χ4n) is 3.39. The average molecular weight is 324 g/mol. The number of hydrogen-bond acceptors (Lipinski definition) is 3. The quantitative estimate of drug-likeness (QED) is 0.851. The number of nitrogens with zero attached hydrogens (tertiary/aromatic N) is 2. The molecule has 0 aromatic heterocycles. The number of halogens is 1. The zero-order chi connectivity index (χ0) is 16.7. The van der Waals surface area contributed by atoms with Gasteiger partial charge < -0.3 is 9.74 Å². The predicted octanol–water partition coefficient (Wildman–Crippen LogP) is 3.22. The van der Waals surface area contributed by atoms with Crippen molar-refractivity contribution in [1.82, 2.24) is 0 Å². The SMILES string of the molecule is Cc1cccc2c1N(C(=O)C1CC(c3cccc(F)c3)=NO1)CC2. The molecule has 122 valence electrons. The van der Waals surface area contributed by atoms with Crippen molar-refractivity contribution in [3.05, 3.63) is 65.0 Å². The zero-order valence-corrected chi connectivity index (χ0v) is 13.3. The summed E-state index contributed by atoms with van der Waals surface area (Å²) in [4.78, 5) is 20.0. The van der Waals surface area contributed by atoms with Gasteiger partial charge in [-0.3, -0.25) is 4.79 Å². The molecular formula is C19H17FN2O2. The number of benzene rings is 2. The van der Waals surface area contributed by atoms with E-state index < -0.39 is 6.10 Å². The van der Waals surface area contributed by atoms with E-state index in [1.807, 2.05) is 19.1 Å². The van der Waals surface area contributed by atoms with Crippen LogP contribution in [-0.2, 0) is 16.1 Å². The first-order valence-corrected chi connectivity index (χ1v) is 8.02. The van der Waals surface area contributed by atoms with Gasteiger partial charge in [-0.05, 0) is 36.6 Å². The molecule has 0 saturated heterocycles. The number of aryl methyl sites for hydroxylation is 1. The number of fused-ring (bicyclic) bond motifs is 1. The highest BCUT2D eigenvalue weighted by Gasteiger charge is 2.36. The van der Waals surface area contributed by atoms with Crippen LogP contribution in [0.2, 0.25) is 0 Å². The van der Waals surface area contributed by atoms with Gasteiger partial charge >= 0.3 is 0 Å². The second-order valence-electron chi connectivity index (χ2n) is 6.17. The first-order chi connectivity index (χ1) is 11.6. The second-order valence-corrected chi connectivity index (χ2v) is 6.17. The highest BCUT2D eigenvalue weighted by atomic mass is 19.1. The maximum Gasteiger partial charge on any atom is 0.271 e. The standard InChI is InChI=1S/C19H17FN2O2/c1-12-4-2-5-13-8-9-22(18(12)13)19(23)17-11-16(21-24-17)14-6-3-7-15(20)10-14/h2-7,10,17H,8-9,11H2,1H3. The Morgan fingerprint density at radius 2 is 2.12 bits per heavy atom. The number of anilines is 1. The van der Waals surface area contributed by atoms with Crippen molar-refractivity contribution in [3.63, 3.8) is 0 Å². The average Bonchev–Trinajstić information content (AvgIpc) is 3.22. The van der Waals surface area contributed by atoms with Crippen LogP contribution in [0.5, 0.6) is 0 Å². The van der Waals surface area contributed by atoms with Gasteiger partial charge in [-0.2, -0.15) is 0 Å². The molecule has 4 nitrogen and oxygen atoms in total. The van der Waals surface area contributed by atoms with E-state index in [4.69, 9.17) is 4.84 Å². The van der Waals surface area contributed by atoms with E-state index in [2.05, 4.69) is 11.2 Å². The first kappa shape index (κ1) is 14.9. The summed E-state index contributed by atoms with van der Waals surface area (Å²) in [7, 11) is 0. The number of carbonyl (C=O) groups is 1. The third-order valence-corrected chi connectivity index (χ3v) is 4.56. The third kappa shape index (κ3) is 2.46. The van der Waals surface area contributed by atoms with Crippen LogP contribution in [0.1, 0.15) is 23.1 Å². The summed E-state index contributed by atoms with van der Waals surface area (Å²) >= 11 is 0. The highest BCUT2D eigenvalue weighted by Crippen LogP contribution is 2.33. The van der Waals surface area contributed by atoms with Crippen LogP contribution < -0.4 is 4.90 Å². The van der Waals surface area contributed by atoms with Gasteiger partial charge in [0, 0.05) is 24.2 Å². The van der Waals surface area contributed by atoms with Gasteiger partial charge in [0.15, 0.2) is 0 Å². The van der Waals surface area contributed by atoms with Crippen LogP contribution in [-0.4, -0.2) is 24.3 Å². The first-order valence-electron chi connectivity index (χ1n) is 8.02. The summed E-state index contributed by atoms with van der Waals surface area (Å²) < 4.78 is 13.4. The molecule has 0 fully saturated rings. The third-order valence-electron chi connectivity index (χ3n) is 4.56. The minimum Gasteiger partial charge on any atom is -0.382 e. The molecular weight excluding hydrogens is 307 g/mol. The van der Waals surface area contributed by atoms with Gasteiger partial charge in [-0.25, -0.2) is 4.39 Å². The molecule has 0 saturated carbocycles. The lowest BCUT2D eigenvalue weighted by molar-refractivity contribution is -0.128. The molecule has 1 unspecified atom stereocenters. The van der Waals surface area contributed by atoms with Gasteiger partial charge in [-0.1, -0.05) is 35.5 Å². The Balaban J connectivity index is 1.53. The molecule has 0 aliphatic carbocycles. The van der Waals surface area contributed by atoms with Crippen LogP contribution in [0.15, 0.2) is 47.6 Å². The van der Waals surface area contributed by atoms with E-state index in [1.165, 1.54) is 17.7 Å². The monoisotopic (exact) mass is 324 g/mol. The molecule has 0 N–H and O–H groups in total. The summed E-state index contributed by atoms with van der Waals surface area (Å²) in [6.07, 6.45) is 0.571. The summed E-state index contributed by atoms with van der Waals surface area (Å²) in [5.74, 6) is -0.410. The van der Waals surface area contributed by atoms with Crippen molar-refractivity contribution in [2.24, 2.45) is 5.16 Å². The predicted molar refractivity (Wildman–Crippen MR) is 89.7 cm³/mol. The van der Waals surface area contributed by atoms with Gasteiger partial charge in [0.25, 0.3) is 5.91 Å². The van der Waals surface area contributed by atoms with Crippen molar-refractivity contribution in [1.29, 1.82) is 0 Å². The summed E-state index contributed by atoms with van der Waals surface area (Å²) in [5, 5.41) is 4.00. The molecule has 1 atom stereocenters. The highest BCUT2D eigenvalue weighted by molar-refractivity contribution is 6.07. The Kier molecular flexibility index (Phi) is 3.56. The normalized spacial score (nSPS) is 19.0. The van der Waals surface area contributed by atoms with Gasteiger partial charge in [-0.15, -0.1) is 0 Å². The summed E-state index contributed by atoms with van der Waals surface area (Å²) in [6.45, 7) is 2.67. The van der Waals surface area contributed by atoms with Crippen molar-refractivity contribution >= 4 is 17.3 Å². The molecule has 2 aromatic rings. The van der Waals surface area contributed by atoms with Gasteiger partial charge in [0.1, 0.15) is 5.82 Å². The minimum atomic E-state index is -0.645. The molecule has 1 amide bonds. The fraction of sp³-hybridized carbons (Fsp3) is 0.263. The van der Waals surface area contributed by atoms with Gasteiger partial charge in [0.2, 0.25) is 6.10 Å². The number of hydrogen-bond donors (Lipinski definition) is 0. The second kappa shape index (κ2) is 5.74. The molecule has 0 spiro atoms. The maximum absolute atomic E-state index is 13.4. The van der Waals surface area contributed by atoms with Crippen LogP contribution in [0.3, 0.4) is 0 Å². The molecule has 0 radical (unpaired) electrons. The Morgan fingerprint density at radius 3 is 2.96 bits per heavy atom. The number of amides is 1. The molecule has 2 aliphatic rings. The fourth-order valence-corrected chi connectivity index (χ4v) is 3.39. The summed E-state index contributed by atoms with van der Waals surface area (Å²) in [6, 6.07) is 12.3. The lowest BCUT2D eigenvalue weighted by atomic mass is 10.0. The minimum absolute atomic E-state index is 0.0850. The van der Waals surface area contributed by atoms with Crippen LogP contribution in [0, 0.1) is 12.7 Å². The van der Waals surface area contributed by atoms with E-state index in [-0.39, 0.29) is 11.7 Å². The van der Waals surface area contributed by atoms with Crippen molar-refractivity contribution < 1.29 is 14.0 Å². The maximum atomic E-state index is 13.4. The number of rotatable bonds is 2. The van der Waals surface area contributed by atoms with Crippen molar-refractivity contribution in [2.75, 3.05) is 11.4 Å². The van der Waals surface area contributed by atoms with Crippen molar-refractivity contribution in [2.45, 2.75) is 25.9 Å². The van der Waals surface area contributed by atoms with Crippen molar-refractivity contribution in [3.8, 4) is 0 Å². The van der Waals surface area contributed by atoms with E-state index in [1.54, 1.807) is 17.0 Å². The van der Waals surface area contributed by atoms with E-state index >= 15 is 0 Å². The molecule has 2 heterocycles. The zero-order valence-electron chi connectivity index (χ0n) is 13.3. The number of oxime groups is 1. The lowest BCUT2D eigenvalue weighted by Gasteiger charge is -2.21. The largest absolute Gasteiger partial charge is 0.382 e. The Labute approximate surface area is 139 Å². The molecule has 24 heavy (non-hydrogen) atoms. The van der Waals surface area contributed by atoms with E-state index in [9.17, 15) is 9.18 Å². The molecule has 2 aromatic carbocycles. The number of carbonyl (C=O) groups excluding carboxylic acids is 1. The van der Waals surface area contributed by atoms with Crippen LogP contribution in [0.4, 0.5) is 10.1 Å². The molecule has 0 bridgehead atoms. The summed E-state index contributed by atoms with van der Waals surface area (Å²) in [5.41, 5.74) is 4.53. The lowest BCUT2D eigenvalue weighted by Crippen LogP contribution is -2.38. The van der Waals surface area contributed by atoms with Crippen LogP contribution >= 0.6 is 0 Å². The Morgan fingerprint density at radius 1 is 1.29 bits per heavy atom. The van der Waals surface area contributed by atoms with Crippen LogP contribution in [0.25, 0.3) is 0 Å². The number of para-hydroxylation sites is 1. The van der Waals surface area contributed by atoms with E-state index in [0.29, 0.717) is 24.2 Å². The molecule has 4 rings (SSSR count).